The maximum Gasteiger partial charge on any atom is 0.332 e. The van der Waals surface area contributed by atoms with Crippen molar-refractivity contribution in [2.45, 2.75) is 6.92 Å². The molecule has 0 aliphatic rings. The van der Waals surface area contributed by atoms with E-state index in [-0.39, 0.29) is 16.8 Å². The normalized spacial score (nSPS) is 10.1. The minimum Gasteiger partial charge on any atom is -0.273 e. The Hall–Kier alpha value is -2.68. The van der Waals surface area contributed by atoms with E-state index in [1.54, 1.807) is 6.07 Å². The van der Waals surface area contributed by atoms with Crippen LogP contribution in [0.2, 0.25) is 0 Å². The van der Waals surface area contributed by atoms with E-state index < -0.39 is 17.1 Å². The summed E-state index contributed by atoms with van der Waals surface area (Å²) in [6, 6.07) is 5.91. The molecule has 0 amide bonds. The summed E-state index contributed by atoms with van der Waals surface area (Å²) < 4.78 is 14.4. The summed E-state index contributed by atoms with van der Waals surface area (Å²) in [6.07, 6.45) is 1.10. The summed E-state index contributed by atoms with van der Waals surface area (Å²) in [5.74, 6) is -0.468. The third kappa shape index (κ3) is 1.82. The number of nitriles is 1. The van der Waals surface area contributed by atoms with Gasteiger partial charge in [0.25, 0.3) is 5.56 Å². The Morgan fingerprint density at radius 2 is 2.11 bits per heavy atom. The Bertz CT molecular complexity index is 768. The van der Waals surface area contributed by atoms with Crippen LogP contribution in [0, 0.1) is 24.1 Å². The van der Waals surface area contributed by atoms with E-state index in [2.05, 4.69) is 0 Å². The lowest BCUT2D eigenvalue weighted by atomic mass is 10.2. The molecule has 0 aliphatic heterocycles. The molecule has 2 aromatic rings. The van der Waals surface area contributed by atoms with E-state index in [9.17, 15) is 14.0 Å². The summed E-state index contributed by atoms with van der Waals surface area (Å²) >= 11 is 0. The Balaban J connectivity index is 2.81. The highest BCUT2D eigenvalue weighted by Crippen LogP contribution is 2.14. The highest BCUT2D eigenvalue weighted by atomic mass is 19.1. The molecular formula is C12H8FN3O2. The smallest absolute Gasteiger partial charge is 0.273 e. The van der Waals surface area contributed by atoms with Crippen molar-refractivity contribution in [2.24, 2.45) is 0 Å². The molecule has 0 spiro atoms. The molecule has 0 saturated heterocycles. The predicted molar refractivity (Wildman–Crippen MR) is 62.1 cm³/mol. The second kappa shape index (κ2) is 4.30. The zero-order valence-corrected chi connectivity index (χ0v) is 9.40. The molecule has 18 heavy (non-hydrogen) atoms. The number of aromatic nitrogens is 2. The first-order chi connectivity index (χ1) is 8.54. The number of rotatable bonds is 1. The standard InChI is InChI=1S/C12H8FN3O2/c1-7-9(13)3-2-4-10(7)16-6-8(5-14)11(17)15-12(16)18/h2-4,6H,1H3,(H,15,17,18). The zero-order chi connectivity index (χ0) is 13.3. The van der Waals surface area contributed by atoms with Crippen LogP contribution >= 0.6 is 0 Å². The number of aromatic amines is 1. The van der Waals surface area contributed by atoms with Crippen molar-refractivity contribution >= 4 is 0 Å². The van der Waals surface area contributed by atoms with Gasteiger partial charge in [0.05, 0.1) is 5.69 Å². The van der Waals surface area contributed by atoms with E-state index in [4.69, 9.17) is 5.26 Å². The van der Waals surface area contributed by atoms with Gasteiger partial charge in [-0.05, 0) is 19.1 Å². The summed E-state index contributed by atoms with van der Waals surface area (Å²) in [6.45, 7) is 1.51. The first kappa shape index (κ1) is 11.8. The SMILES string of the molecule is Cc1c(F)cccc1-n1cc(C#N)c(=O)[nH]c1=O. The number of nitrogens with one attached hydrogen (secondary N) is 1. The highest BCUT2D eigenvalue weighted by Gasteiger charge is 2.09. The molecular weight excluding hydrogens is 237 g/mol. The van der Waals surface area contributed by atoms with Gasteiger partial charge in [0.2, 0.25) is 0 Å². The second-order valence-corrected chi connectivity index (χ2v) is 3.67. The average molecular weight is 245 g/mol. The van der Waals surface area contributed by atoms with Crippen LogP contribution in [-0.2, 0) is 0 Å². The molecule has 5 nitrogen and oxygen atoms in total. The number of hydrogen-bond donors (Lipinski definition) is 1. The van der Waals surface area contributed by atoms with Crippen molar-refractivity contribution in [3.05, 3.63) is 62.2 Å². The molecule has 0 bridgehead atoms. The summed E-state index contributed by atoms with van der Waals surface area (Å²) in [4.78, 5) is 24.9. The third-order valence-electron chi connectivity index (χ3n) is 2.56. The van der Waals surface area contributed by atoms with Gasteiger partial charge in [0, 0.05) is 11.8 Å². The lowest BCUT2D eigenvalue weighted by Gasteiger charge is -2.08. The minimum absolute atomic E-state index is 0.210. The van der Waals surface area contributed by atoms with Gasteiger partial charge in [0.1, 0.15) is 17.4 Å². The molecule has 0 atom stereocenters. The van der Waals surface area contributed by atoms with Crippen LogP contribution < -0.4 is 11.2 Å². The van der Waals surface area contributed by atoms with Crippen LogP contribution in [0.3, 0.4) is 0 Å². The van der Waals surface area contributed by atoms with Crippen LogP contribution in [0.1, 0.15) is 11.1 Å². The van der Waals surface area contributed by atoms with E-state index in [0.717, 1.165) is 10.8 Å². The first-order valence-electron chi connectivity index (χ1n) is 5.06. The molecule has 1 aromatic carbocycles. The van der Waals surface area contributed by atoms with Gasteiger partial charge in [-0.3, -0.25) is 14.3 Å². The average Bonchev–Trinajstić information content (AvgIpc) is 2.34. The Morgan fingerprint density at radius 1 is 1.39 bits per heavy atom. The topological polar surface area (TPSA) is 78.7 Å². The van der Waals surface area contributed by atoms with Gasteiger partial charge in [-0.1, -0.05) is 6.07 Å². The van der Waals surface area contributed by atoms with Crippen LogP contribution in [0.25, 0.3) is 5.69 Å². The number of H-pyrrole nitrogens is 1. The van der Waals surface area contributed by atoms with E-state index in [0.29, 0.717) is 0 Å². The Labute approximate surface area is 101 Å². The third-order valence-corrected chi connectivity index (χ3v) is 2.56. The van der Waals surface area contributed by atoms with E-state index in [1.807, 2.05) is 4.98 Å². The maximum absolute atomic E-state index is 13.4. The predicted octanol–water partition coefficient (Wildman–Crippen LogP) is 0.845. The second-order valence-electron chi connectivity index (χ2n) is 3.67. The van der Waals surface area contributed by atoms with Crippen LogP contribution in [0.5, 0.6) is 0 Å². The van der Waals surface area contributed by atoms with Crippen molar-refractivity contribution in [3.63, 3.8) is 0 Å². The van der Waals surface area contributed by atoms with Crippen molar-refractivity contribution in [1.82, 2.24) is 9.55 Å². The molecule has 1 aromatic heterocycles. The molecule has 0 aliphatic carbocycles. The van der Waals surface area contributed by atoms with Crippen LogP contribution in [-0.4, -0.2) is 9.55 Å². The summed E-state index contributed by atoms with van der Waals surface area (Å²) in [7, 11) is 0. The lowest BCUT2D eigenvalue weighted by Crippen LogP contribution is -2.30. The zero-order valence-electron chi connectivity index (χ0n) is 9.40. The number of hydrogen-bond acceptors (Lipinski definition) is 3. The van der Waals surface area contributed by atoms with Gasteiger partial charge < -0.3 is 0 Å². The molecule has 2 rings (SSSR count). The quantitative estimate of drug-likeness (QED) is 0.808. The molecule has 0 saturated carbocycles. The van der Waals surface area contributed by atoms with Crippen molar-refractivity contribution in [3.8, 4) is 11.8 Å². The summed E-state index contributed by atoms with van der Waals surface area (Å²) in [5, 5.41) is 8.75. The van der Waals surface area contributed by atoms with Gasteiger partial charge >= 0.3 is 5.69 Å². The molecule has 1 heterocycles. The number of benzene rings is 1. The van der Waals surface area contributed by atoms with Crippen LogP contribution in [0.4, 0.5) is 4.39 Å². The fourth-order valence-electron chi connectivity index (χ4n) is 1.59. The Kier molecular flexibility index (Phi) is 2.81. The van der Waals surface area contributed by atoms with Gasteiger partial charge in [-0.2, -0.15) is 5.26 Å². The fraction of sp³-hybridized carbons (Fsp3) is 0.0833. The fourth-order valence-corrected chi connectivity index (χ4v) is 1.59. The molecule has 0 fully saturated rings. The molecule has 6 heteroatoms. The summed E-state index contributed by atoms with van der Waals surface area (Å²) in [5.41, 5.74) is -1.14. The van der Waals surface area contributed by atoms with Gasteiger partial charge in [-0.25, -0.2) is 9.18 Å². The first-order valence-corrected chi connectivity index (χ1v) is 5.06. The van der Waals surface area contributed by atoms with E-state index >= 15 is 0 Å². The Morgan fingerprint density at radius 3 is 2.78 bits per heavy atom. The lowest BCUT2D eigenvalue weighted by molar-refractivity contribution is 0.616. The molecule has 90 valence electrons. The molecule has 1 N–H and O–H groups in total. The van der Waals surface area contributed by atoms with Crippen molar-refractivity contribution in [1.29, 1.82) is 5.26 Å². The monoisotopic (exact) mass is 245 g/mol. The van der Waals surface area contributed by atoms with Gasteiger partial charge in [-0.15, -0.1) is 0 Å². The minimum atomic E-state index is -0.757. The van der Waals surface area contributed by atoms with Gasteiger partial charge in [0.15, 0.2) is 0 Å². The molecule has 0 radical (unpaired) electrons. The number of nitrogens with zero attached hydrogens (tertiary/aromatic N) is 2. The van der Waals surface area contributed by atoms with Crippen LogP contribution in [0.15, 0.2) is 34.0 Å². The maximum atomic E-state index is 13.4. The van der Waals surface area contributed by atoms with Crippen molar-refractivity contribution < 1.29 is 4.39 Å². The van der Waals surface area contributed by atoms with E-state index in [1.165, 1.54) is 25.1 Å². The largest absolute Gasteiger partial charge is 0.332 e. The van der Waals surface area contributed by atoms with Crippen molar-refractivity contribution in [2.75, 3.05) is 0 Å². The number of halogens is 1. The highest BCUT2D eigenvalue weighted by molar-refractivity contribution is 5.41. The molecule has 0 unspecified atom stereocenters.